The largest absolute Gasteiger partial charge is 0.381 e. The van der Waals surface area contributed by atoms with Crippen molar-refractivity contribution in [3.63, 3.8) is 0 Å². The van der Waals surface area contributed by atoms with Gasteiger partial charge in [0.2, 0.25) is 0 Å². The highest BCUT2D eigenvalue weighted by Crippen LogP contribution is 2.44. The van der Waals surface area contributed by atoms with Gasteiger partial charge in [0.1, 0.15) is 6.10 Å². The minimum absolute atomic E-state index is 0.517. The molecule has 1 heteroatoms. The second-order valence-electron chi connectivity index (χ2n) is 5.21. The maximum Gasteiger partial charge on any atom is 0.112 e. The first-order chi connectivity index (χ1) is 8.74. The topological polar surface area (TPSA) is 20.2 Å². The molecule has 1 rings (SSSR count). The molecule has 0 bridgehead atoms. The van der Waals surface area contributed by atoms with Crippen LogP contribution in [0.25, 0.3) is 0 Å². The highest BCUT2D eigenvalue weighted by molar-refractivity contribution is 5.17. The summed E-state index contributed by atoms with van der Waals surface area (Å²) in [5, 5.41) is 8.96. The van der Waals surface area contributed by atoms with Crippen LogP contribution in [0.2, 0.25) is 0 Å². The smallest absolute Gasteiger partial charge is 0.112 e. The van der Waals surface area contributed by atoms with Gasteiger partial charge in [-0.2, -0.15) is 0 Å². The second-order valence-corrected chi connectivity index (χ2v) is 5.21. The predicted octanol–water partition coefficient (Wildman–Crippen LogP) is 4.09. The van der Waals surface area contributed by atoms with Crippen molar-refractivity contribution < 1.29 is 5.11 Å². The Hall–Kier alpha value is -1.00. The summed E-state index contributed by atoms with van der Waals surface area (Å²) in [4.78, 5) is 0. The zero-order chi connectivity index (χ0) is 13.2. The summed E-state index contributed by atoms with van der Waals surface area (Å²) in [5.41, 5.74) is 0. The van der Waals surface area contributed by atoms with Crippen molar-refractivity contribution in [2.24, 2.45) is 11.8 Å². The summed E-state index contributed by atoms with van der Waals surface area (Å²) in [6.07, 6.45) is 15.8. The summed E-state index contributed by atoms with van der Waals surface area (Å²) >= 11 is 0. The van der Waals surface area contributed by atoms with E-state index in [1.807, 2.05) is 6.08 Å². The van der Waals surface area contributed by atoms with Crippen molar-refractivity contribution >= 4 is 0 Å². The molecular weight excluding hydrogens is 220 g/mol. The van der Waals surface area contributed by atoms with Crippen molar-refractivity contribution in [3.05, 3.63) is 24.3 Å². The Morgan fingerprint density at radius 3 is 2.61 bits per heavy atom. The van der Waals surface area contributed by atoms with E-state index in [-0.39, 0.29) is 0 Å². The van der Waals surface area contributed by atoms with Crippen molar-refractivity contribution in [1.29, 1.82) is 0 Å². The van der Waals surface area contributed by atoms with Gasteiger partial charge in [-0.15, -0.1) is 0 Å². The molecule has 0 aliphatic heterocycles. The van der Waals surface area contributed by atoms with E-state index in [1.165, 1.54) is 32.1 Å². The van der Waals surface area contributed by atoms with Gasteiger partial charge in [-0.1, -0.05) is 49.8 Å². The highest BCUT2D eigenvalue weighted by Gasteiger charge is 2.34. The Labute approximate surface area is 112 Å². The van der Waals surface area contributed by atoms with E-state index in [2.05, 4.69) is 37.0 Å². The summed E-state index contributed by atoms with van der Waals surface area (Å²) in [6, 6.07) is 0. The maximum absolute atomic E-state index is 8.96. The van der Waals surface area contributed by atoms with Gasteiger partial charge in [0.25, 0.3) is 0 Å². The Morgan fingerprint density at radius 1 is 1.22 bits per heavy atom. The van der Waals surface area contributed by atoms with Gasteiger partial charge < -0.3 is 5.11 Å². The molecule has 0 amide bonds. The van der Waals surface area contributed by atoms with Crippen molar-refractivity contribution in [1.82, 2.24) is 0 Å². The predicted molar refractivity (Wildman–Crippen MR) is 78.1 cm³/mol. The molecule has 0 spiro atoms. The van der Waals surface area contributed by atoms with Crippen LogP contribution in [0, 0.1) is 23.7 Å². The number of aliphatic hydroxyl groups excluding tert-OH is 1. The van der Waals surface area contributed by atoms with Crippen LogP contribution in [-0.4, -0.2) is 11.2 Å². The number of rotatable bonds is 7. The zero-order valence-corrected chi connectivity index (χ0v) is 11.7. The fourth-order valence-corrected chi connectivity index (χ4v) is 2.07. The first kappa shape index (κ1) is 15.1. The van der Waals surface area contributed by atoms with E-state index >= 15 is 0 Å². The van der Waals surface area contributed by atoms with Gasteiger partial charge in [-0.3, -0.25) is 0 Å². The quantitative estimate of drug-likeness (QED) is 0.407. The Kier molecular flexibility index (Phi) is 7.53. The number of allylic oxidation sites excluding steroid dienone is 4. The standard InChI is InChI=1S/C17H26O/c1-3-4-5-6-9-12-16-14-17(16)13-10-7-8-11-15(2)18/h6-7,9-10,15-18H,3-5,12-14H2,1-2H3/b9-6-,10-7-/t15-,16+,17+/m0/s1. The third-order valence-corrected chi connectivity index (χ3v) is 3.33. The first-order valence-corrected chi connectivity index (χ1v) is 7.23. The van der Waals surface area contributed by atoms with E-state index in [0.29, 0.717) is 0 Å². The normalized spacial score (nSPS) is 24.2. The summed E-state index contributed by atoms with van der Waals surface area (Å²) < 4.78 is 0. The first-order valence-electron chi connectivity index (χ1n) is 7.23. The molecule has 18 heavy (non-hydrogen) atoms. The van der Waals surface area contributed by atoms with Gasteiger partial charge in [-0.25, -0.2) is 0 Å². The SMILES string of the molecule is CCCC/C=C\C[C@@H]1C[C@H]1C/C=C\C#C[C@H](C)O. The number of hydrogen-bond donors (Lipinski definition) is 1. The second kappa shape index (κ2) is 9.00. The molecule has 0 aromatic heterocycles. The molecule has 0 heterocycles. The van der Waals surface area contributed by atoms with Crippen LogP contribution in [0.3, 0.4) is 0 Å². The Morgan fingerprint density at radius 2 is 1.94 bits per heavy atom. The fourth-order valence-electron chi connectivity index (χ4n) is 2.07. The lowest BCUT2D eigenvalue weighted by Gasteiger charge is -1.92. The van der Waals surface area contributed by atoms with Gasteiger partial charge in [0.15, 0.2) is 0 Å². The lowest BCUT2D eigenvalue weighted by Crippen LogP contribution is -1.91. The fraction of sp³-hybridized carbons (Fsp3) is 0.647. The summed E-state index contributed by atoms with van der Waals surface area (Å²) in [7, 11) is 0. The zero-order valence-electron chi connectivity index (χ0n) is 11.7. The molecule has 100 valence electrons. The van der Waals surface area contributed by atoms with Gasteiger partial charge in [-0.05, 0) is 50.5 Å². The Bertz CT molecular complexity index is 327. The highest BCUT2D eigenvalue weighted by atomic mass is 16.3. The molecule has 1 saturated carbocycles. The van der Waals surface area contributed by atoms with Crippen LogP contribution in [0.5, 0.6) is 0 Å². The molecule has 0 radical (unpaired) electrons. The monoisotopic (exact) mass is 246 g/mol. The minimum Gasteiger partial charge on any atom is -0.381 e. The van der Waals surface area contributed by atoms with Crippen LogP contribution in [0.4, 0.5) is 0 Å². The maximum atomic E-state index is 8.96. The van der Waals surface area contributed by atoms with E-state index in [4.69, 9.17) is 5.11 Å². The average molecular weight is 246 g/mol. The molecule has 1 aliphatic carbocycles. The molecule has 0 saturated heterocycles. The molecule has 1 nitrogen and oxygen atoms in total. The van der Waals surface area contributed by atoms with Crippen molar-refractivity contribution in [2.75, 3.05) is 0 Å². The van der Waals surface area contributed by atoms with Crippen molar-refractivity contribution in [2.45, 2.75) is 58.5 Å². The van der Waals surface area contributed by atoms with E-state index in [0.717, 1.165) is 18.3 Å². The molecule has 0 aromatic carbocycles. The third-order valence-electron chi connectivity index (χ3n) is 3.33. The van der Waals surface area contributed by atoms with Gasteiger partial charge in [0.05, 0.1) is 0 Å². The third kappa shape index (κ3) is 7.35. The van der Waals surface area contributed by atoms with Crippen molar-refractivity contribution in [3.8, 4) is 11.8 Å². The van der Waals surface area contributed by atoms with E-state index in [1.54, 1.807) is 6.92 Å². The number of unbranched alkanes of at least 4 members (excludes halogenated alkanes) is 2. The molecule has 1 aliphatic rings. The molecular formula is C17H26O. The van der Waals surface area contributed by atoms with Crippen LogP contribution in [0.1, 0.15) is 52.4 Å². The van der Waals surface area contributed by atoms with Crippen LogP contribution in [0.15, 0.2) is 24.3 Å². The van der Waals surface area contributed by atoms with Crippen LogP contribution < -0.4 is 0 Å². The molecule has 3 atom stereocenters. The summed E-state index contributed by atoms with van der Waals surface area (Å²) in [6.45, 7) is 3.92. The van der Waals surface area contributed by atoms with Gasteiger partial charge >= 0.3 is 0 Å². The average Bonchev–Trinajstić information content (AvgIpc) is 3.07. The molecule has 0 aromatic rings. The van der Waals surface area contributed by atoms with Gasteiger partial charge in [0, 0.05) is 0 Å². The molecule has 1 fully saturated rings. The summed E-state index contributed by atoms with van der Waals surface area (Å²) in [5.74, 6) is 7.33. The lowest BCUT2D eigenvalue weighted by molar-refractivity contribution is 0.253. The minimum atomic E-state index is -0.517. The van der Waals surface area contributed by atoms with Crippen LogP contribution >= 0.6 is 0 Å². The van der Waals surface area contributed by atoms with Crippen LogP contribution in [-0.2, 0) is 0 Å². The van der Waals surface area contributed by atoms with E-state index < -0.39 is 6.10 Å². The van der Waals surface area contributed by atoms with E-state index in [9.17, 15) is 0 Å². The molecule has 0 unspecified atom stereocenters. The number of hydrogen-bond acceptors (Lipinski definition) is 1. The lowest BCUT2D eigenvalue weighted by atomic mass is 10.1. The Balaban J connectivity index is 2.04. The number of aliphatic hydroxyl groups is 1. The molecule has 1 N–H and O–H groups in total.